The Morgan fingerprint density at radius 1 is 1.08 bits per heavy atom. The molecule has 2 aromatic rings. The average Bonchev–Trinajstić information content (AvgIpc) is 3.38. The predicted octanol–water partition coefficient (Wildman–Crippen LogP) is 3.36. The third kappa shape index (κ3) is 3.72. The van der Waals surface area contributed by atoms with E-state index in [2.05, 4.69) is 15.6 Å². The molecular weight excluding hydrogens is 308 g/mol. The van der Waals surface area contributed by atoms with Crippen molar-refractivity contribution in [2.75, 3.05) is 13.6 Å². The number of aliphatic imine (C=N–C) groups is 1. The van der Waals surface area contributed by atoms with Crippen LogP contribution in [0.3, 0.4) is 0 Å². The molecule has 0 aromatic heterocycles. The number of benzene rings is 2. The van der Waals surface area contributed by atoms with E-state index in [1.165, 1.54) is 12.1 Å². The molecule has 3 rings (SSSR count). The first kappa shape index (κ1) is 16.4. The van der Waals surface area contributed by atoms with Gasteiger partial charge in [0, 0.05) is 31.1 Å². The van der Waals surface area contributed by atoms with Crippen LogP contribution in [0.1, 0.15) is 24.0 Å². The monoisotopic (exact) mass is 329 g/mol. The molecule has 1 fully saturated rings. The molecule has 0 saturated heterocycles. The summed E-state index contributed by atoms with van der Waals surface area (Å²) in [6, 6.07) is 13.4. The molecule has 126 valence electrons. The first-order valence-electron chi connectivity index (χ1n) is 8.07. The van der Waals surface area contributed by atoms with Crippen molar-refractivity contribution in [3.63, 3.8) is 0 Å². The summed E-state index contributed by atoms with van der Waals surface area (Å²) in [5.41, 5.74) is 1.57. The Kier molecular flexibility index (Phi) is 4.79. The minimum Gasteiger partial charge on any atom is -0.356 e. The van der Waals surface area contributed by atoms with E-state index in [0.717, 1.165) is 18.4 Å². The lowest BCUT2D eigenvalue weighted by atomic mass is 9.96. The van der Waals surface area contributed by atoms with Crippen LogP contribution in [0.5, 0.6) is 0 Å². The summed E-state index contributed by atoms with van der Waals surface area (Å²) >= 11 is 0. The van der Waals surface area contributed by atoms with Gasteiger partial charge in [-0.3, -0.25) is 4.99 Å². The quantitative estimate of drug-likeness (QED) is 0.652. The summed E-state index contributed by atoms with van der Waals surface area (Å²) in [6.45, 7) is 1.03. The second-order valence-electron chi connectivity index (χ2n) is 6.16. The normalized spacial score (nSPS) is 15.9. The van der Waals surface area contributed by atoms with E-state index in [0.29, 0.717) is 24.6 Å². The Bertz CT molecular complexity index is 739. The van der Waals surface area contributed by atoms with Gasteiger partial charge in [0.15, 0.2) is 5.96 Å². The van der Waals surface area contributed by atoms with E-state index in [9.17, 15) is 8.78 Å². The lowest BCUT2D eigenvalue weighted by Gasteiger charge is -2.19. The highest BCUT2D eigenvalue weighted by Crippen LogP contribution is 2.47. The third-order valence-electron chi connectivity index (χ3n) is 4.51. The molecule has 2 N–H and O–H groups in total. The molecule has 0 radical (unpaired) electrons. The number of nitrogens with one attached hydrogen (secondary N) is 2. The zero-order valence-corrected chi connectivity index (χ0v) is 13.7. The van der Waals surface area contributed by atoms with Crippen LogP contribution >= 0.6 is 0 Å². The van der Waals surface area contributed by atoms with E-state index >= 15 is 0 Å². The van der Waals surface area contributed by atoms with Gasteiger partial charge in [-0.25, -0.2) is 8.78 Å². The zero-order chi connectivity index (χ0) is 17.0. The van der Waals surface area contributed by atoms with Gasteiger partial charge in [-0.05, 0) is 36.6 Å². The fourth-order valence-electron chi connectivity index (χ4n) is 2.83. The summed E-state index contributed by atoms with van der Waals surface area (Å²) < 4.78 is 27.1. The smallest absolute Gasteiger partial charge is 0.191 e. The molecule has 0 atom stereocenters. The molecule has 1 aliphatic rings. The number of hydrogen-bond donors (Lipinski definition) is 2. The number of hydrogen-bond acceptors (Lipinski definition) is 1. The van der Waals surface area contributed by atoms with Crippen LogP contribution < -0.4 is 10.6 Å². The van der Waals surface area contributed by atoms with Crippen molar-refractivity contribution in [1.82, 2.24) is 10.6 Å². The molecule has 0 amide bonds. The fourth-order valence-corrected chi connectivity index (χ4v) is 2.83. The Labute approximate surface area is 140 Å². The van der Waals surface area contributed by atoms with Crippen molar-refractivity contribution in [2.45, 2.75) is 24.8 Å². The Hall–Kier alpha value is -2.43. The standard InChI is InChI=1S/C19H21F2N3/c1-22-18(23-12-14-5-2-3-8-17(14)21)24-13-19(9-10-19)15-6-4-7-16(20)11-15/h2-8,11H,9-10,12-13H2,1H3,(H2,22,23,24). The van der Waals surface area contributed by atoms with Crippen LogP contribution in [0.4, 0.5) is 8.78 Å². The molecule has 0 bridgehead atoms. The second kappa shape index (κ2) is 6.99. The van der Waals surface area contributed by atoms with Crippen LogP contribution in [0.25, 0.3) is 0 Å². The lowest BCUT2D eigenvalue weighted by Crippen LogP contribution is -2.41. The van der Waals surface area contributed by atoms with Gasteiger partial charge in [0.25, 0.3) is 0 Å². The number of halogens is 2. The molecule has 0 spiro atoms. The highest BCUT2D eigenvalue weighted by Gasteiger charge is 2.44. The molecule has 5 heteroatoms. The van der Waals surface area contributed by atoms with Crippen molar-refractivity contribution in [3.8, 4) is 0 Å². The second-order valence-corrected chi connectivity index (χ2v) is 6.16. The molecule has 0 heterocycles. The summed E-state index contributed by atoms with van der Waals surface area (Å²) in [5, 5.41) is 6.39. The molecule has 24 heavy (non-hydrogen) atoms. The SMILES string of the molecule is CN=C(NCc1ccccc1F)NCC1(c2cccc(F)c2)CC1. The summed E-state index contributed by atoms with van der Waals surface area (Å²) in [4.78, 5) is 4.17. The molecule has 0 aliphatic heterocycles. The van der Waals surface area contributed by atoms with Gasteiger partial charge in [-0.1, -0.05) is 30.3 Å². The largest absolute Gasteiger partial charge is 0.356 e. The van der Waals surface area contributed by atoms with Gasteiger partial charge in [0.1, 0.15) is 11.6 Å². The Morgan fingerprint density at radius 2 is 1.88 bits per heavy atom. The predicted molar refractivity (Wildman–Crippen MR) is 91.9 cm³/mol. The summed E-state index contributed by atoms with van der Waals surface area (Å²) in [7, 11) is 1.68. The van der Waals surface area contributed by atoms with Gasteiger partial charge in [-0.15, -0.1) is 0 Å². The first-order valence-corrected chi connectivity index (χ1v) is 8.07. The van der Waals surface area contributed by atoms with Gasteiger partial charge < -0.3 is 10.6 Å². The minimum absolute atomic E-state index is 0.0300. The number of rotatable bonds is 5. The van der Waals surface area contributed by atoms with Gasteiger partial charge in [0.05, 0.1) is 0 Å². The van der Waals surface area contributed by atoms with Crippen LogP contribution in [-0.4, -0.2) is 19.6 Å². The molecular formula is C19H21F2N3. The van der Waals surface area contributed by atoms with Crippen molar-refractivity contribution in [3.05, 3.63) is 71.3 Å². The van der Waals surface area contributed by atoms with E-state index in [4.69, 9.17) is 0 Å². The zero-order valence-electron chi connectivity index (χ0n) is 13.7. The van der Waals surface area contributed by atoms with Crippen molar-refractivity contribution < 1.29 is 8.78 Å². The van der Waals surface area contributed by atoms with Crippen molar-refractivity contribution in [1.29, 1.82) is 0 Å². The van der Waals surface area contributed by atoms with Gasteiger partial charge >= 0.3 is 0 Å². The average molecular weight is 329 g/mol. The van der Waals surface area contributed by atoms with E-state index in [-0.39, 0.29) is 17.0 Å². The van der Waals surface area contributed by atoms with Crippen molar-refractivity contribution in [2.24, 2.45) is 4.99 Å². The molecule has 1 aliphatic carbocycles. The maximum Gasteiger partial charge on any atom is 0.191 e. The molecule has 2 aromatic carbocycles. The molecule has 0 unspecified atom stereocenters. The third-order valence-corrected chi connectivity index (χ3v) is 4.51. The maximum atomic E-state index is 13.7. The maximum absolute atomic E-state index is 13.7. The number of nitrogens with zero attached hydrogens (tertiary/aromatic N) is 1. The van der Waals surface area contributed by atoms with Crippen LogP contribution in [0.2, 0.25) is 0 Å². The Balaban J connectivity index is 1.58. The summed E-state index contributed by atoms with van der Waals surface area (Å²) in [5.74, 6) is 0.167. The highest BCUT2D eigenvalue weighted by molar-refractivity contribution is 5.79. The fraction of sp³-hybridized carbons (Fsp3) is 0.316. The van der Waals surface area contributed by atoms with Crippen LogP contribution in [0, 0.1) is 11.6 Å². The molecule has 3 nitrogen and oxygen atoms in total. The first-order chi connectivity index (χ1) is 11.6. The van der Waals surface area contributed by atoms with E-state index < -0.39 is 0 Å². The lowest BCUT2D eigenvalue weighted by molar-refractivity contribution is 0.598. The van der Waals surface area contributed by atoms with Crippen LogP contribution in [0.15, 0.2) is 53.5 Å². The topological polar surface area (TPSA) is 36.4 Å². The van der Waals surface area contributed by atoms with E-state index in [1.807, 2.05) is 6.07 Å². The number of guanidine groups is 1. The minimum atomic E-state index is -0.237. The van der Waals surface area contributed by atoms with Crippen LogP contribution in [-0.2, 0) is 12.0 Å². The molecule has 1 saturated carbocycles. The van der Waals surface area contributed by atoms with Crippen molar-refractivity contribution >= 4 is 5.96 Å². The van der Waals surface area contributed by atoms with Gasteiger partial charge in [-0.2, -0.15) is 0 Å². The summed E-state index contributed by atoms with van der Waals surface area (Å²) in [6.07, 6.45) is 2.04. The van der Waals surface area contributed by atoms with Gasteiger partial charge in [0.2, 0.25) is 0 Å². The Morgan fingerprint density at radius 3 is 2.54 bits per heavy atom. The highest BCUT2D eigenvalue weighted by atomic mass is 19.1. The van der Waals surface area contributed by atoms with E-state index in [1.54, 1.807) is 37.4 Å².